The van der Waals surface area contributed by atoms with Gasteiger partial charge in [-0.15, -0.1) is 0 Å². The Morgan fingerprint density at radius 1 is 1.00 bits per heavy atom. The molecule has 2 heterocycles. The third-order valence-corrected chi connectivity index (χ3v) is 4.76. The van der Waals surface area contributed by atoms with Crippen LogP contribution in [0.25, 0.3) is 0 Å². The van der Waals surface area contributed by atoms with Crippen LogP contribution in [0.3, 0.4) is 0 Å². The summed E-state index contributed by atoms with van der Waals surface area (Å²) in [7, 11) is 2.44. The van der Waals surface area contributed by atoms with Crippen LogP contribution in [0.4, 0.5) is 0 Å². The van der Waals surface area contributed by atoms with Crippen LogP contribution in [0.5, 0.6) is 0 Å². The second-order valence-corrected chi connectivity index (χ2v) is 7.74. The van der Waals surface area contributed by atoms with E-state index in [1.165, 1.54) is 14.2 Å². The van der Waals surface area contributed by atoms with Gasteiger partial charge in [0.05, 0.1) is 20.3 Å². The molecular weight excluding hydrogens is 366 g/mol. The van der Waals surface area contributed by atoms with Gasteiger partial charge in [-0.05, 0) is 17.5 Å². The summed E-state index contributed by atoms with van der Waals surface area (Å²) >= 11 is 0. The van der Waals surface area contributed by atoms with E-state index in [2.05, 4.69) is 35.2 Å². The van der Waals surface area contributed by atoms with Crippen LogP contribution < -0.4 is 0 Å². The van der Waals surface area contributed by atoms with Crippen molar-refractivity contribution in [3.8, 4) is 0 Å². The summed E-state index contributed by atoms with van der Waals surface area (Å²) in [6.07, 6.45) is -3.26. The van der Waals surface area contributed by atoms with Crippen molar-refractivity contribution in [3.63, 3.8) is 0 Å². The van der Waals surface area contributed by atoms with Gasteiger partial charge in [-0.25, -0.2) is 14.6 Å². The monoisotopic (exact) mass is 391 g/mol. The molecule has 0 amide bonds. The van der Waals surface area contributed by atoms with Gasteiger partial charge < -0.3 is 23.7 Å². The molecule has 0 aromatic heterocycles. The van der Waals surface area contributed by atoms with Crippen LogP contribution >= 0.6 is 0 Å². The molecule has 0 aliphatic carbocycles. The van der Waals surface area contributed by atoms with Gasteiger partial charge in [0, 0.05) is 11.1 Å². The van der Waals surface area contributed by atoms with Crippen molar-refractivity contribution in [1.29, 1.82) is 0 Å². The predicted octanol–water partition coefficient (Wildman–Crippen LogP) is 2.01. The van der Waals surface area contributed by atoms with Crippen molar-refractivity contribution in [2.45, 2.75) is 45.3 Å². The molecule has 0 saturated carbocycles. The number of rotatable bonds is 4. The number of benzene rings is 1. The molecule has 0 spiro atoms. The first-order chi connectivity index (χ1) is 13.2. The van der Waals surface area contributed by atoms with Gasteiger partial charge in [0.1, 0.15) is 6.61 Å². The van der Waals surface area contributed by atoms with Gasteiger partial charge >= 0.3 is 11.9 Å². The number of aliphatic imine (C=N–C) groups is 1. The fourth-order valence-corrected chi connectivity index (χ4v) is 2.95. The van der Waals surface area contributed by atoms with Crippen molar-refractivity contribution < 1.29 is 33.3 Å². The lowest BCUT2D eigenvalue weighted by Crippen LogP contribution is -2.38. The molecule has 1 saturated heterocycles. The van der Waals surface area contributed by atoms with E-state index >= 15 is 0 Å². The number of carbonyl (C=O) groups is 2. The molecule has 8 heteroatoms. The topological polar surface area (TPSA) is 92.7 Å². The van der Waals surface area contributed by atoms with Crippen LogP contribution in [0.1, 0.15) is 38.2 Å². The van der Waals surface area contributed by atoms with E-state index in [0.29, 0.717) is 18.1 Å². The molecule has 0 N–H and O–H groups in total. The number of hydrogen-bond donors (Lipinski definition) is 0. The van der Waals surface area contributed by atoms with Crippen molar-refractivity contribution in [1.82, 2.24) is 0 Å². The van der Waals surface area contributed by atoms with Crippen molar-refractivity contribution in [2.75, 3.05) is 20.8 Å². The van der Waals surface area contributed by atoms with Crippen LogP contribution in [0.2, 0.25) is 0 Å². The highest BCUT2D eigenvalue weighted by atomic mass is 16.8. The number of esters is 2. The Bertz CT molecular complexity index is 742. The minimum absolute atomic E-state index is 0.0268. The van der Waals surface area contributed by atoms with Gasteiger partial charge in [-0.3, -0.25) is 0 Å². The quantitative estimate of drug-likeness (QED) is 0.725. The number of methoxy groups -OCH3 is 2. The summed E-state index contributed by atoms with van der Waals surface area (Å²) in [6, 6.07) is 7.34. The standard InChI is InChI=1S/C20H25NO7/c1-20(2,3)13-10-26-16(21-13)11-6-8-12(9-7-11)19-27-14(17(22)24-4)15(28-19)18(23)25-5/h6-9,13-15,19H,10H2,1-5H3/t13-,14-,15-/m1/s1. The summed E-state index contributed by atoms with van der Waals surface area (Å²) < 4.78 is 26.3. The maximum atomic E-state index is 11.9. The Hall–Kier alpha value is -2.45. The lowest BCUT2D eigenvalue weighted by molar-refractivity contribution is -0.160. The predicted molar refractivity (Wildman–Crippen MR) is 98.7 cm³/mol. The molecule has 3 atom stereocenters. The van der Waals surface area contributed by atoms with Gasteiger partial charge in [0.15, 0.2) is 18.5 Å². The second-order valence-electron chi connectivity index (χ2n) is 7.74. The number of ether oxygens (including phenoxy) is 5. The summed E-state index contributed by atoms with van der Waals surface area (Å²) in [4.78, 5) is 28.4. The Balaban J connectivity index is 1.75. The lowest BCUT2D eigenvalue weighted by atomic mass is 9.88. The van der Waals surface area contributed by atoms with E-state index in [-0.39, 0.29) is 11.5 Å². The van der Waals surface area contributed by atoms with E-state index in [1.54, 1.807) is 12.1 Å². The first-order valence-corrected chi connectivity index (χ1v) is 9.02. The SMILES string of the molecule is COC(=O)[C@@H]1OC(c2ccc(C3=N[C@@H](C(C)(C)C)CO3)cc2)O[C@H]1C(=O)OC. The van der Waals surface area contributed by atoms with E-state index in [0.717, 1.165) is 5.56 Å². The second kappa shape index (κ2) is 7.89. The minimum Gasteiger partial charge on any atom is -0.475 e. The molecule has 2 aliphatic heterocycles. The maximum Gasteiger partial charge on any atom is 0.338 e. The highest BCUT2D eigenvalue weighted by Gasteiger charge is 2.47. The normalized spacial score (nSPS) is 25.2. The largest absolute Gasteiger partial charge is 0.475 e. The highest BCUT2D eigenvalue weighted by molar-refractivity contribution is 5.95. The molecule has 0 bridgehead atoms. The van der Waals surface area contributed by atoms with Crippen LogP contribution in [0, 0.1) is 5.41 Å². The molecule has 1 aromatic carbocycles. The van der Waals surface area contributed by atoms with E-state index in [9.17, 15) is 9.59 Å². The van der Waals surface area contributed by atoms with Crippen molar-refractivity contribution in [3.05, 3.63) is 35.4 Å². The van der Waals surface area contributed by atoms with E-state index in [4.69, 9.17) is 14.2 Å². The molecule has 2 aliphatic rings. The van der Waals surface area contributed by atoms with Gasteiger partial charge in [0.25, 0.3) is 0 Å². The summed E-state index contributed by atoms with van der Waals surface area (Å²) in [5.74, 6) is -0.799. The highest BCUT2D eigenvalue weighted by Crippen LogP contribution is 2.33. The van der Waals surface area contributed by atoms with E-state index in [1.807, 2.05) is 12.1 Å². The fourth-order valence-electron chi connectivity index (χ4n) is 2.95. The third-order valence-electron chi connectivity index (χ3n) is 4.76. The molecule has 1 fully saturated rings. The minimum atomic E-state index is -1.18. The average Bonchev–Trinajstić information content (AvgIpc) is 3.34. The number of hydrogen-bond acceptors (Lipinski definition) is 8. The molecule has 28 heavy (non-hydrogen) atoms. The average molecular weight is 391 g/mol. The smallest absolute Gasteiger partial charge is 0.338 e. The maximum absolute atomic E-state index is 11.9. The summed E-state index contributed by atoms with van der Waals surface area (Å²) in [5.41, 5.74) is 1.51. The molecule has 152 valence electrons. The number of nitrogens with zero attached hydrogens (tertiary/aromatic N) is 1. The Morgan fingerprint density at radius 3 is 1.96 bits per heavy atom. The number of carbonyl (C=O) groups excluding carboxylic acids is 2. The zero-order valence-electron chi connectivity index (χ0n) is 16.6. The Labute approximate surface area is 163 Å². The molecule has 8 nitrogen and oxygen atoms in total. The zero-order chi connectivity index (χ0) is 20.5. The van der Waals surface area contributed by atoms with Gasteiger partial charge in [-0.1, -0.05) is 32.9 Å². The molecule has 1 aromatic rings. The third kappa shape index (κ3) is 4.02. The molecule has 0 radical (unpaired) electrons. The Morgan fingerprint density at radius 2 is 1.54 bits per heavy atom. The van der Waals surface area contributed by atoms with Gasteiger partial charge in [-0.2, -0.15) is 0 Å². The van der Waals surface area contributed by atoms with Crippen LogP contribution in [-0.4, -0.2) is 56.9 Å². The first kappa shape index (κ1) is 20.3. The van der Waals surface area contributed by atoms with Gasteiger partial charge in [0.2, 0.25) is 5.90 Å². The zero-order valence-corrected chi connectivity index (χ0v) is 16.6. The summed E-state index contributed by atoms with van der Waals surface area (Å²) in [5, 5.41) is 0. The van der Waals surface area contributed by atoms with Crippen LogP contribution in [0.15, 0.2) is 29.3 Å². The molecule has 0 unspecified atom stereocenters. The summed E-state index contributed by atoms with van der Waals surface area (Å²) in [6.45, 7) is 6.93. The van der Waals surface area contributed by atoms with Crippen molar-refractivity contribution in [2.24, 2.45) is 10.4 Å². The Kier molecular flexibility index (Phi) is 5.71. The lowest BCUT2D eigenvalue weighted by Gasteiger charge is -2.21. The molecular formula is C20H25NO7. The van der Waals surface area contributed by atoms with Crippen molar-refractivity contribution >= 4 is 17.8 Å². The first-order valence-electron chi connectivity index (χ1n) is 9.02. The molecule has 3 rings (SSSR count). The van der Waals surface area contributed by atoms with Crippen LogP contribution in [-0.2, 0) is 33.3 Å². The van der Waals surface area contributed by atoms with E-state index < -0.39 is 30.4 Å². The fraction of sp³-hybridized carbons (Fsp3) is 0.550.